The Morgan fingerprint density at radius 3 is 2.52 bits per heavy atom. The van der Waals surface area contributed by atoms with E-state index in [0.717, 1.165) is 17.7 Å². The fraction of sp³-hybridized carbons (Fsp3) is 0.350. The van der Waals surface area contributed by atoms with Crippen LogP contribution in [-0.2, 0) is 12.7 Å². The number of ether oxygens (including phenoxy) is 1. The molecule has 0 aliphatic carbocycles. The summed E-state index contributed by atoms with van der Waals surface area (Å²) in [5, 5.41) is 16.0. The summed E-state index contributed by atoms with van der Waals surface area (Å²) in [6.07, 6.45) is -4.38. The molecule has 0 aromatic heterocycles. The predicted molar refractivity (Wildman–Crippen MR) is 118 cm³/mol. The van der Waals surface area contributed by atoms with E-state index in [1.807, 2.05) is 6.92 Å². The van der Waals surface area contributed by atoms with Gasteiger partial charge in [0.15, 0.2) is 17.5 Å². The Morgan fingerprint density at radius 2 is 1.93 bits per heavy atom. The van der Waals surface area contributed by atoms with Crippen molar-refractivity contribution in [3.05, 3.63) is 59.2 Å². The topological polar surface area (TPSA) is 65.9 Å². The van der Waals surface area contributed by atoms with Gasteiger partial charge in [-0.05, 0) is 49.2 Å². The molecule has 0 saturated carbocycles. The van der Waals surface area contributed by atoms with Crippen LogP contribution < -0.4 is 15.4 Å². The maximum atomic E-state index is 12.9. The third kappa shape index (κ3) is 7.30. The Kier molecular flexibility index (Phi) is 9.54. The van der Waals surface area contributed by atoms with Gasteiger partial charge >= 0.3 is 6.18 Å². The van der Waals surface area contributed by atoms with Gasteiger partial charge in [-0.25, -0.2) is 4.99 Å². The Hall–Kier alpha value is -2.17. The van der Waals surface area contributed by atoms with Crippen molar-refractivity contribution in [1.29, 1.82) is 0 Å². The van der Waals surface area contributed by atoms with Crippen LogP contribution in [0.2, 0.25) is 0 Å². The summed E-state index contributed by atoms with van der Waals surface area (Å²) in [6, 6.07) is 9.80. The molecule has 2 aromatic rings. The number of alkyl halides is 3. The zero-order chi connectivity index (χ0) is 20.7. The molecule has 0 amide bonds. The second kappa shape index (κ2) is 11.1. The van der Waals surface area contributed by atoms with E-state index in [1.54, 1.807) is 31.2 Å². The second-order valence-electron chi connectivity index (χ2n) is 6.19. The largest absolute Gasteiger partial charge is 0.504 e. The van der Waals surface area contributed by atoms with Crippen molar-refractivity contribution < 1.29 is 23.0 Å². The molecule has 1 atom stereocenters. The SMILES string of the molecule is CCNC(=NCc1ccc(OC)c(O)c1)NC(C)c1cccc(C(F)(F)F)c1.I. The lowest BCUT2D eigenvalue weighted by Gasteiger charge is -2.19. The van der Waals surface area contributed by atoms with Crippen LogP contribution in [0.25, 0.3) is 0 Å². The van der Waals surface area contributed by atoms with Crippen LogP contribution in [0.4, 0.5) is 13.2 Å². The van der Waals surface area contributed by atoms with Crippen LogP contribution in [0.15, 0.2) is 47.5 Å². The van der Waals surface area contributed by atoms with E-state index in [2.05, 4.69) is 15.6 Å². The van der Waals surface area contributed by atoms with Gasteiger partial charge in [0.05, 0.1) is 25.3 Å². The van der Waals surface area contributed by atoms with Crippen molar-refractivity contribution in [3.8, 4) is 11.5 Å². The first-order valence-electron chi connectivity index (χ1n) is 8.82. The minimum atomic E-state index is -4.38. The maximum Gasteiger partial charge on any atom is 0.416 e. The van der Waals surface area contributed by atoms with Crippen LogP contribution in [0, 0.1) is 0 Å². The number of hydrogen-bond acceptors (Lipinski definition) is 3. The van der Waals surface area contributed by atoms with E-state index in [4.69, 9.17) is 4.74 Å². The number of aliphatic imine (C=N–C) groups is 1. The monoisotopic (exact) mass is 523 g/mol. The smallest absolute Gasteiger partial charge is 0.416 e. The number of guanidine groups is 1. The molecule has 0 bridgehead atoms. The lowest BCUT2D eigenvalue weighted by molar-refractivity contribution is -0.137. The van der Waals surface area contributed by atoms with Crippen molar-refractivity contribution in [1.82, 2.24) is 10.6 Å². The minimum Gasteiger partial charge on any atom is -0.504 e. The second-order valence-corrected chi connectivity index (χ2v) is 6.19. The van der Waals surface area contributed by atoms with E-state index in [-0.39, 0.29) is 42.3 Å². The average Bonchev–Trinajstić information content (AvgIpc) is 2.65. The van der Waals surface area contributed by atoms with Crippen molar-refractivity contribution in [3.63, 3.8) is 0 Å². The first-order valence-corrected chi connectivity index (χ1v) is 8.82. The fourth-order valence-corrected chi connectivity index (χ4v) is 2.60. The van der Waals surface area contributed by atoms with E-state index in [9.17, 15) is 18.3 Å². The van der Waals surface area contributed by atoms with Gasteiger partial charge in [0.2, 0.25) is 0 Å². The predicted octanol–water partition coefficient (Wildman–Crippen LogP) is 4.85. The summed E-state index contributed by atoms with van der Waals surface area (Å²) in [7, 11) is 1.47. The quantitative estimate of drug-likeness (QED) is 0.288. The Bertz CT molecular complexity index is 829. The van der Waals surface area contributed by atoms with Gasteiger partial charge in [-0.1, -0.05) is 18.2 Å². The number of halogens is 4. The van der Waals surface area contributed by atoms with Crippen molar-refractivity contribution in [2.24, 2.45) is 4.99 Å². The minimum absolute atomic E-state index is 0. The molecular weight excluding hydrogens is 498 g/mol. The van der Waals surface area contributed by atoms with Crippen molar-refractivity contribution in [2.45, 2.75) is 32.6 Å². The number of hydrogen-bond donors (Lipinski definition) is 3. The summed E-state index contributed by atoms with van der Waals surface area (Å²) in [5.74, 6) is 0.851. The first-order chi connectivity index (χ1) is 13.2. The van der Waals surface area contributed by atoms with E-state index in [0.29, 0.717) is 23.8 Å². The Labute approximate surface area is 185 Å². The molecule has 2 aromatic carbocycles. The number of benzene rings is 2. The molecule has 3 N–H and O–H groups in total. The molecule has 9 heteroatoms. The number of nitrogens with zero attached hydrogens (tertiary/aromatic N) is 1. The summed E-state index contributed by atoms with van der Waals surface area (Å²) in [4.78, 5) is 4.44. The van der Waals surface area contributed by atoms with Crippen molar-refractivity contribution >= 4 is 29.9 Å². The van der Waals surface area contributed by atoms with Gasteiger partial charge in [0.25, 0.3) is 0 Å². The van der Waals surface area contributed by atoms with Crippen LogP contribution >= 0.6 is 24.0 Å². The zero-order valence-corrected chi connectivity index (χ0v) is 18.7. The van der Waals surface area contributed by atoms with Crippen molar-refractivity contribution in [2.75, 3.05) is 13.7 Å². The summed E-state index contributed by atoms with van der Waals surface area (Å²) < 4.78 is 43.8. The van der Waals surface area contributed by atoms with Gasteiger partial charge in [0.1, 0.15) is 0 Å². The third-order valence-corrected chi connectivity index (χ3v) is 4.07. The van der Waals surface area contributed by atoms with Gasteiger partial charge < -0.3 is 20.5 Å². The average molecular weight is 523 g/mol. The normalized spacial score (nSPS) is 12.7. The summed E-state index contributed by atoms with van der Waals surface area (Å²) >= 11 is 0. The number of phenols is 1. The van der Waals surface area contributed by atoms with E-state index in [1.165, 1.54) is 13.2 Å². The fourth-order valence-electron chi connectivity index (χ4n) is 2.60. The first kappa shape index (κ1) is 24.9. The van der Waals surface area contributed by atoms with Gasteiger partial charge in [-0.2, -0.15) is 13.2 Å². The number of aromatic hydroxyl groups is 1. The molecule has 0 fully saturated rings. The third-order valence-electron chi connectivity index (χ3n) is 4.07. The molecule has 1 unspecified atom stereocenters. The lowest BCUT2D eigenvalue weighted by atomic mass is 10.1. The van der Waals surface area contributed by atoms with Crippen LogP contribution in [0.1, 0.15) is 36.6 Å². The molecular formula is C20H25F3IN3O2. The molecule has 0 saturated heterocycles. The molecule has 0 spiro atoms. The number of rotatable bonds is 6. The number of phenolic OH excluding ortho intramolecular Hbond substituents is 1. The van der Waals surface area contributed by atoms with E-state index >= 15 is 0 Å². The lowest BCUT2D eigenvalue weighted by Crippen LogP contribution is -2.38. The Balaban J connectivity index is 0.00000420. The molecule has 29 heavy (non-hydrogen) atoms. The highest BCUT2D eigenvalue weighted by molar-refractivity contribution is 14.0. The van der Waals surface area contributed by atoms with Gasteiger partial charge in [0, 0.05) is 6.54 Å². The molecule has 0 aliphatic heterocycles. The van der Waals surface area contributed by atoms with Gasteiger partial charge in [-0.3, -0.25) is 0 Å². The molecule has 0 aliphatic rings. The van der Waals surface area contributed by atoms with Crippen LogP contribution in [-0.4, -0.2) is 24.7 Å². The number of nitrogens with one attached hydrogen (secondary N) is 2. The molecule has 160 valence electrons. The highest BCUT2D eigenvalue weighted by Gasteiger charge is 2.30. The molecule has 2 rings (SSSR count). The summed E-state index contributed by atoms with van der Waals surface area (Å²) in [6.45, 7) is 4.53. The highest BCUT2D eigenvalue weighted by Crippen LogP contribution is 2.30. The Morgan fingerprint density at radius 1 is 1.21 bits per heavy atom. The maximum absolute atomic E-state index is 12.9. The van der Waals surface area contributed by atoms with Gasteiger partial charge in [-0.15, -0.1) is 24.0 Å². The zero-order valence-electron chi connectivity index (χ0n) is 16.4. The molecule has 0 radical (unpaired) electrons. The van der Waals surface area contributed by atoms with Crippen LogP contribution in [0.5, 0.6) is 11.5 Å². The standard InChI is InChI=1S/C20H24F3N3O2.HI/c1-4-24-19(25-12-14-8-9-18(28-3)17(27)10-14)26-13(2)15-6-5-7-16(11-15)20(21,22)23;/h5-11,13,27H,4,12H2,1-3H3,(H2,24,25,26);1H. The highest BCUT2D eigenvalue weighted by atomic mass is 127. The van der Waals surface area contributed by atoms with E-state index < -0.39 is 11.7 Å². The molecule has 0 heterocycles. The van der Waals surface area contributed by atoms with Crippen LogP contribution in [0.3, 0.4) is 0 Å². The summed E-state index contributed by atoms with van der Waals surface area (Å²) in [5.41, 5.74) is 0.582. The number of methoxy groups -OCH3 is 1. The molecule has 5 nitrogen and oxygen atoms in total.